The second-order valence-corrected chi connectivity index (χ2v) is 3.52. The van der Waals surface area contributed by atoms with Crippen molar-refractivity contribution in [1.29, 1.82) is 0 Å². The Morgan fingerprint density at radius 1 is 1.50 bits per heavy atom. The lowest BCUT2D eigenvalue weighted by Gasteiger charge is -2.13. The molecular weight excluding hydrogens is 236 g/mol. The Morgan fingerprint density at radius 2 is 2.22 bits per heavy atom. The van der Waals surface area contributed by atoms with Gasteiger partial charge in [0.15, 0.2) is 6.10 Å². The number of imide groups is 1. The number of amides is 3. The van der Waals surface area contributed by atoms with Gasteiger partial charge in [-0.1, -0.05) is 0 Å². The van der Waals surface area contributed by atoms with Gasteiger partial charge in [-0.15, -0.1) is 0 Å². The highest BCUT2D eigenvalue weighted by atomic mass is 16.5. The number of carbonyl (C=O) groups is 2. The first-order valence-corrected chi connectivity index (χ1v) is 5.41. The van der Waals surface area contributed by atoms with Gasteiger partial charge in [0.2, 0.25) is 0 Å². The van der Waals surface area contributed by atoms with Crippen molar-refractivity contribution in [2.45, 2.75) is 19.6 Å². The van der Waals surface area contributed by atoms with Crippen LogP contribution in [0, 0.1) is 0 Å². The molecule has 3 amide bonds. The summed E-state index contributed by atoms with van der Waals surface area (Å²) in [6.07, 6.45) is 0.680. The van der Waals surface area contributed by atoms with Gasteiger partial charge in [0.1, 0.15) is 5.75 Å². The first-order valence-electron chi connectivity index (χ1n) is 5.41. The van der Waals surface area contributed by atoms with Crippen molar-refractivity contribution in [2.24, 2.45) is 5.73 Å². The molecular formula is C11H16N4O3. The molecule has 0 aliphatic rings. The van der Waals surface area contributed by atoms with Gasteiger partial charge in [-0.05, 0) is 19.1 Å². The molecule has 0 radical (unpaired) electrons. The number of rotatable bonds is 4. The highest BCUT2D eigenvalue weighted by Crippen LogP contribution is 2.11. The summed E-state index contributed by atoms with van der Waals surface area (Å²) in [5, 5.41) is 4.39. The summed E-state index contributed by atoms with van der Waals surface area (Å²) in [6.45, 7) is 1.88. The number of aromatic nitrogens is 1. The van der Waals surface area contributed by atoms with E-state index in [1.165, 1.54) is 20.2 Å². The lowest BCUT2D eigenvalue weighted by atomic mass is 10.3. The van der Waals surface area contributed by atoms with E-state index in [0.29, 0.717) is 12.3 Å². The second kappa shape index (κ2) is 6.55. The maximum absolute atomic E-state index is 11.5. The van der Waals surface area contributed by atoms with Crippen molar-refractivity contribution in [2.75, 3.05) is 7.05 Å². The van der Waals surface area contributed by atoms with E-state index in [9.17, 15) is 9.59 Å². The minimum atomic E-state index is -0.798. The molecule has 0 saturated carbocycles. The summed E-state index contributed by atoms with van der Waals surface area (Å²) in [7, 11) is 1.42. The van der Waals surface area contributed by atoms with E-state index >= 15 is 0 Å². The van der Waals surface area contributed by atoms with Crippen molar-refractivity contribution in [3.05, 3.63) is 24.0 Å². The van der Waals surface area contributed by atoms with Gasteiger partial charge in [-0.3, -0.25) is 15.1 Å². The number of nitrogens with zero attached hydrogens (tertiary/aromatic N) is 1. The number of carbonyl (C=O) groups excluding carboxylic acids is 2. The first-order chi connectivity index (χ1) is 8.56. The number of ether oxygens (including phenoxy) is 1. The average Bonchev–Trinajstić information content (AvgIpc) is 2.39. The van der Waals surface area contributed by atoms with E-state index in [2.05, 4.69) is 15.6 Å². The Balaban J connectivity index is 2.55. The predicted octanol–water partition coefficient (Wildman–Crippen LogP) is -0.237. The molecule has 0 aliphatic carbocycles. The van der Waals surface area contributed by atoms with Crippen LogP contribution in [-0.4, -0.2) is 30.1 Å². The molecule has 1 unspecified atom stereocenters. The van der Waals surface area contributed by atoms with Gasteiger partial charge in [0.05, 0.1) is 11.9 Å². The molecule has 1 aromatic rings. The summed E-state index contributed by atoms with van der Waals surface area (Å²) >= 11 is 0. The van der Waals surface area contributed by atoms with Crippen molar-refractivity contribution in [1.82, 2.24) is 15.6 Å². The predicted molar refractivity (Wildman–Crippen MR) is 64.8 cm³/mol. The Morgan fingerprint density at radius 3 is 2.72 bits per heavy atom. The van der Waals surface area contributed by atoms with Crippen LogP contribution in [0.4, 0.5) is 4.79 Å². The fourth-order valence-corrected chi connectivity index (χ4v) is 1.14. The first kappa shape index (κ1) is 13.9. The molecule has 0 saturated heterocycles. The van der Waals surface area contributed by atoms with Gasteiger partial charge < -0.3 is 15.8 Å². The highest BCUT2D eigenvalue weighted by molar-refractivity contribution is 5.96. The minimum Gasteiger partial charge on any atom is -0.479 e. The Hall–Kier alpha value is -2.15. The van der Waals surface area contributed by atoms with Crippen molar-refractivity contribution >= 4 is 11.9 Å². The molecule has 1 aromatic heterocycles. The van der Waals surface area contributed by atoms with Crippen LogP contribution in [0.15, 0.2) is 18.3 Å². The summed E-state index contributed by atoms with van der Waals surface area (Å²) in [6, 6.07) is 2.80. The molecule has 18 heavy (non-hydrogen) atoms. The van der Waals surface area contributed by atoms with Crippen LogP contribution in [0.2, 0.25) is 0 Å². The van der Waals surface area contributed by atoms with Crippen LogP contribution in [0.5, 0.6) is 5.75 Å². The number of hydrogen-bond donors (Lipinski definition) is 3. The van der Waals surface area contributed by atoms with Gasteiger partial charge >= 0.3 is 6.03 Å². The smallest absolute Gasteiger partial charge is 0.321 e. The fourth-order valence-electron chi connectivity index (χ4n) is 1.14. The lowest BCUT2D eigenvalue weighted by Crippen LogP contribution is -2.43. The maximum atomic E-state index is 11.5. The molecule has 98 valence electrons. The van der Waals surface area contributed by atoms with E-state index in [4.69, 9.17) is 10.5 Å². The zero-order valence-electron chi connectivity index (χ0n) is 10.3. The quantitative estimate of drug-likeness (QED) is 0.686. The van der Waals surface area contributed by atoms with E-state index in [-0.39, 0.29) is 0 Å². The third-order valence-corrected chi connectivity index (χ3v) is 2.15. The molecule has 1 atom stereocenters. The Labute approximate surface area is 105 Å². The van der Waals surface area contributed by atoms with E-state index in [1.54, 1.807) is 12.1 Å². The van der Waals surface area contributed by atoms with Crippen LogP contribution in [0.3, 0.4) is 0 Å². The van der Waals surface area contributed by atoms with Gasteiger partial charge in [0.25, 0.3) is 5.91 Å². The number of hydrogen-bond acceptors (Lipinski definition) is 5. The third kappa shape index (κ3) is 4.02. The van der Waals surface area contributed by atoms with Crippen LogP contribution < -0.4 is 21.1 Å². The SMILES string of the molecule is CNC(=O)NC(=O)C(C)Oc1ccc(CN)nc1. The molecule has 0 spiro atoms. The molecule has 0 bridgehead atoms. The third-order valence-electron chi connectivity index (χ3n) is 2.15. The topological polar surface area (TPSA) is 106 Å². The monoisotopic (exact) mass is 252 g/mol. The lowest BCUT2D eigenvalue weighted by molar-refractivity contribution is -0.126. The molecule has 0 aromatic carbocycles. The Kier molecular flexibility index (Phi) is 5.06. The molecule has 0 fully saturated rings. The van der Waals surface area contributed by atoms with E-state index in [0.717, 1.165) is 5.69 Å². The second-order valence-electron chi connectivity index (χ2n) is 3.52. The van der Waals surface area contributed by atoms with Gasteiger partial charge in [-0.25, -0.2) is 4.79 Å². The van der Waals surface area contributed by atoms with Crippen LogP contribution in [0.1, 0.15) is 12.6 Å². The standard InChI is InChI=1S/C11H16N4O3/c1-7(10(16)15-11(17)13-2)18-9-4-3-8(5-12)14-6-9/h3-4,6-7H,5,12H2,1-2H3,(H2,13,15,16,17). The van der Waals surface area contributed by atoms with Crippen molar-refractivity contribution in [3.63, 3.8) is 0 Å². The van der Waals surface area contributed by atoms with Crippen LogP contribution in [-0.2, 0) is 11.3 Å². The van der Waals surface area contributed by atoms with Crippen LogP contribution >= 0.6 is 0 Å². The van der Waals surface area contributed by atoms with Gasteiger partial charge in [0, 0.05) is 13.6 Å². The molecule has 0 aliphatic heterocycles. The summed E-state index contributed by atoms with van der Waals surface area (Å²) in [5.41, 5.74) is 6.13. The van der Waals surface area contributed by atoms with Crippen molar-refractivity contribution < 1.29 is 14.3 Å². The molecule has 1 heterocycles. The number of urea groups is 1. The fraction of sp³-hybridized carbons (Fsp3) is 0.364. The number of nitrogens with one attached hydrogen (secondary N) is 2. The molecule has 4 N–H and O–H groups in total. The number of pyridine rings is 1. The Bertz CT molecular complexity index is 419. The molecule has 7 nitrogen and oxygen atoms in total. The number of nitrogens with two attached hydrogens (primary N) is 1. The molecule has 7 heteroatoms. The van der Waals surface area contributed by atoms with Crippen LogP contribution in [0.25, 0.3) is 0 Å². The largest absolute Gasteiger partial charge is 0.479 e. The summed E-state index contributed by atoms with van der Waals surface area (Å²) in [5.74, 6) is -0.0935. The van der Waals surface area contributed by atoms with E-state index < -0.39 is 18.0 Å². The summed E-state index contributed by atoms with van der Waals surface area (Å²) < 4.78 is 5.33. The average molecular weight is 252 g/mol. The van der Waals surface area contributed by atoms with Gasteiger partial charge in [-0.2, -0.15) is 0 Å². The molecule has 1 rings (SSSR count). The zero-order valence-corrected chi connectivity index (χ0v) is 10.3. The highest BCUT2D eigenvalue weighted by Gasteiger charge is 2.16. The van der Waals surface area contributed by atoms with E-state index in [1.807, 2.05) is 0 Å². The zero-order chi connectivity index (χ0) is 13.5. The summed E-state index contributed by atoms with van der Waals surface area (Å²) in [4.78, 5) is 26.5. The maximum Gasteiger partial charge on any atom is 0.321 e. The van der Waals surface area contributed by atoms with Crippen molar-refractivity contribution in [3.8, 4) is 5.75 Å². The normalized spacial score (nSPS) is 11.5. The minimum absolute atomic E-state index is 0.340.